The third-order valence-corrected chi connectivity index (χ3v) is 4.70. The van der Waals surface area contributed by atoms with Crippen molar-refractivity contribution in [1.82, 2.24) is 14.8 Å². The van der Waals surface area contributed by atoms with Crippen molar-refractivity contribution >= 4 is 23.5 Å². The molecule has 1 aromatic heterocycles. The van der Waals surface area contributed by atoms with Crippen LogP contribution >= 0.6 is 0 Å². The van der Waals surface area contributed by atoms with E-state index in [9.17, 15) is 27.6 Å². The molecule has 2 aromatic rings. The van der Waals surface area contributed by atoms with Gasteiger partial charge in [0.15, 0.2) is 0 Å². The Morgan fingerprint density at radius 1 is 1.16 bits per heavy atom. The van der Waals surface area contributed by atoms with E-state index >= 15 is 0 Å². The fourth-order valence-electron chi connectivity index (χ4n) is 3.13. The number of aromatic nitrogens is 1. The van der Waals surface area contributed by atoms with Gasteiger partial charge in [0, 0.05) is 33.0 Å². The molecule has 8 nitrogen and oxygen atoms in total. The van der Waals surface area contributed by atoms with E-state index in [1.165, 1.54) is 41.2 Å². The van der Waals surface area contributed by atoms with Gasteiger partial charge in [0.25, 0.3) is 11.8 Å². The molecule has 4 amide bonds. The molecule has 0 N–H and O–H groups in total. The summed E-state index contributed by atoms with van der Waals surface area (Å²) in [6.45, 7) is 1.52. The van der Waals surface area contributed by atoms with Crippen LogP contribution in [0.3, 0.4) is 0 Å². The number of urea groups is 1. The number of hydrogen-bond donors (Lipinski definition) is 0. The second kappa shape index (κ2) is 8.25. The van der Waals surface area contributed by atoms with Crippen molar-refractivity contribution in [2.24, 2.45) is 0 Å². The fourth-order valence-corrected chi connectivity index (χ4v) is 3.13. The molecular formula is C20H19F3N4O4. The Kier molecular flexibility index (Phi) is 5.87. The summed E-state index contributed by atoms with van der Waals surface area (Å²) in [4.78, 5) is 45.6. The third-order valence-electron chi connectivity index (χ3n) is 4.70. The molecule has 31 heavy (non-hydrogen) atoms. The molecule has 1 atom stereocenters. The lowest BCUT2D eigenvalue weighted by molar-refractivity contribution is -0.274. The molecule has 0 saturated carbocycles. The lowest BCUT2D eigenvalue weighted by Crippen LogP contribution is -2.34. The molecule has 1 fully saturated rings. The quantitative estimate of drug-likeness (QED) is 0.673. The van der Waals surface area contributed by atoms with E-state index < -0.39 is 30.1 Å². The zero-order chi connectivity index (χ0) is 22.9. The van der Waals surface area contributed by atoms with Crippen molar-refractivity contribution in [3.05, 3.63) is 53.9 Å². The van der Waals surface area contributed by atoms with Gasteiger partial charge in [-0.05, 0) is 42.8 Å². The van der Waals surface area contributed by atoms with Gasteiger partial charge >= 0.3 is 12.4 Å². The number of benzene rings is 1. The second-order valence-electron chi connectivity index (χ2n) is 7.03. The lowest BCUT2D eigenvalue weighted by Gasteiger charge is -2.21. The van der Waals surface area contributed by atoms with Crippen LogP contribution in [0.15, 0.2) is 42.7 Å². The first kappa shape index (κ1) is 22.1. The largest absolute Gasteiger partial charge is 0.573 e. The molecule has 0 aliphatic carbocycles. The van der Waals surface area contributed by atoms with Crippen LogP contribution < -0.4 is 9.64 Å². The van der Waals surface area contributed by atoms with Gasteiger partial charge in [0.05, 0.1) is 11.3 Å². The van der Waals surface area contributed by atoms with Crippen LogP contribution in [-0.4, -0.2) is 59.1 Å². The van der Waals surface area contributed by atoms with Gasteiger partial charge in [-0.1, -0.05) is 0 Å². The Hall–Kier alpha value is -3.63. The molecular weight excluding hydrogens is 417 g/mol. The smallest absolute Gasteiger partial charge is 0.406 e. The average Bonchev–Trinajstić information content (AvgIpc) is 2.91. The Morgan fingerprint density at radius 3 is 2.39 bits per heavy atom. The van der Waals surface area contributed by atoms with E-state index in [0.29, 0.717) is 11.1 Å². The van der Waals surface area contributed by atoms with Crippen molar-refractivity contribution in [2.75, 3.05) is 19.0 Å². The molecule has 1 saturated heterocycles. The Labute approximate surface area is 175 Å². The summed E-state index contributed by atoms with van der Waals surface area (Å²) >= 11 is 0. The highest BCUT2D eigenvalue weighted by molar-refractivity contribution is 6.21. The minimum Gasteiger partial charge on any atom is -0.406 e. The summed E-state index contributed by atoms with van der Waals surface area (Å²) < 4.78 is 40.8. The van der Waals surface area contributed by atoms with Crippen LogP contribution in [0.1, 0.15) is 22.8 Å². The SMILES string of the molecule is CC1C(=O)N(c2ccc(OC(F)(F)F)cc2)C(=O)N1Cc1ccncc1C(=O)N(C)C. The predicted molar refractivity (Wildman–Crippen MR) is 103 cm³/mol. The Bertz CT molecular complexity index is 1010. The fraction of sp³-hybridized carbons (Fsp3) is 0.300. The van der Waals surface area contributed by atoms with Crippen LogP contribution in [0, 0.1) is 0 Å². The molecule has 1 aliphatic rings. The molecule has 1 aliphatic heterocycles. The van der Waals surface area contributed by atoms with Crippen LogP contribution in [0.5, 0.6) is 5.75 Å². The number of halogens is 3. The molecule has 0 spiro atoms. The minimum atomic E-state index is -4.85. The zero-order valence-corrected chi connectivity index (χ0v) is 16.9. The standard InChI is InChI=1S/C20H19F3N4O4/c1-12-17(28)27(14-4-6-15(7-5-14)31-20(21,22)23)19(30)26(12)11-13-8-9-24-10-16(13)18(29)25(2)3/h4-10,12H,11H2,1-3H3. The van der Waals surface area contributed by atoms with E-state index in [1.54, 1.807) is 20.2 Å². The van der Waals surface area contributed by atoms with Gasteiger partial charge in [-0.3, -0.25) is 14.6 Å². The molecule has 1 aromatic carbocycles. The number of amides is 4. The predicted octanol–water partition coefficient (Wildman–Crippen LogP) is 3.04. The summed E-state index contributed by atoms with van der Waals surface area (Å²) in [6, 6.07) is 4.53. The highest BCUT2D eigenvalue weighted by Gasteiger charge is 2.43. The van der Waals surface area contributed by atoms with Crippen molar-refractivity contribution in [3.8, 4) is 5.75 Å². The maximum Gasteiger partial charge on any atom is 0.573 e. The molecule has 2 heterocycles. The normalized spacial score (nSPS) is 16.6. The number of pyridine rings is 1. The van der Waals surface area contributed by atoms with E-state index in [0.717, 1.165) is 17.0 Å². The van der Waals surface area contributed by atoms with Gasteiger partial charge in [0.2, 0.25) is 0 Å². The summed E-state index contributed by atoms with van der Waals surface area (Å²) in [5.41, 5.74) is 0.919. The number of hydrogen-bond acceptors (Lipinski definition) is 5. The van der Waals surface area contributed by atoms with Gasteiger partial charge in [-0.2, -0.15) is 0 Å². The molecule has 164 valence electrons. The molecule has 0 radical (unpaired) electrons. The minimum absolute atomic E-state index is 0.0189. The van der Waals surface area contributed by atoms with E-state index in [1.807, 2.05) is 0 Å². The van der Waals surface area contributed by atoms with Crippen molar-refractivity contribution in [2.45, 2.75) is 25.9 Å². The highest BCUT2D eigenvalue weighted by atomic mass is 19.4. The number of anilines is 1. The zero-order valence-electron chi connectivity index (χ0n) is 16.9. The number of nitrogens with zero attached hydrogens (tertiary/aromatic N) is 4. The number of imide groups is 1. The van der Waals surface area contributed by atoms with Crippen LogP contribution in [-0.2, 0) is 11.3 Å². The van der Waals surface area contributed by atoms with E-state index in [2.05, 4.69) is 9.72 Å². The first-order valence-corrected chi connectivity index (χ1v) is 9.14. The maximum atomic E-state index is 13.0. The Balaban J connectivity index is 1.84. The highest BCUT2D eigenvalue weighted by Crippen LogP contribution is 2.30. The van der Waals surface area contributed by atoms with Crippen molar-refractivity contribution in [1.29, 1.82) is 0 Å². The van der Waals surface area contributed by atoms with Crippen LogP contribution in [0.4, 0.5) is 23.7 Å². The summed E-state index contributed by atoms with van der Waals surface area (Å²) in [5, 5.41) is 0. The molecule has 11 heteroatoms. The van der Waals surface area contributed by atoms with Crippen LogP contribution in [0.25, 0.3) is 0 Å². The average molecular weight is 436 g/mol. The monoisotopic (exact) mass is 436 g/mol. The number of ether oxygens (including phenoxy) is 1. The topological polar surface area (TPSA) is 83.0 Å². The summed E-state index contributed by atoms with van der Waals surface area (Å²) in [5.74, 6) is -1.31. The van der Waals surface area contributed by atoms with E-state index in [-0.39, 0.29) is 18.1 Å². The van der Waals surface area contributed by atoms with Crippen molar-refractivity contribution in [3.63, 3.8) is 0 Å². The second-order valence-corrected chi connectivity index (χ2v) is 7.03. The lowest BCUT2D eigenvalue weighted by atomic mass is 10.1. The molecule has 3 rings (SSSR count). The molecule has 1 unspecified atom stereocenters. The van der Waals surface area contributed by atoms with Gasteiger partial charge < -0.3 is 14.5 Å². The van der Waals surface area contributed by atoms with Crippen LogP contribution in [0.2, 0.25) is 0 Å². The number of carbonyl (C=O) groups is 3. The summed E-state index contributed by atoms with van der Waals surface area (Å²) in [7, 11) is 3.17. The first-order chi connectivity index (χ1) is 14.5. The number of alkyl halides is 3. The molecule has 0 bridgehead atoms. The maximum absolute atomic E-state index is 13.0. The Morgan fingerprint density at radius 2 is 1.81 bits per heavy atom. The third kappa shape index (κ3) is 4.60. The van der Waals surface area contributed by atoms with E-state index in [4.69, 9.17) is 0 Å². The van der Waals surface area contributed by atoms with Crippen molar-refractivity contribution < 1.29 is 32.3 Å². The van der Waals surface area contributed by atoms with Gasteiger partial charge in [-0.25, -0.2) is 9.69 Å². The number of rotatable bonds is 5. The summed E-state index contributed by atoms with van der Waals surface area (Å²) in [6.07, 6.45) is -1.98. The van der Waals surface area contributed by atoms with Gasteiger partial charge in [-0.15, -0.1) is 13.2 Å². The first-order valence-electron chi connectivity index (χ1n) is 9.14. The number of carbonyl (C=O) groups excluding carboxylic acids is 3. The van der Waals surface area contributed by atoms with Gasteiger partial charge in [0.1, 0.15) is 11.8 Å².